The topological polar surface area (TPSA) is 66.4 Å². The summed E-state index contributed by atoms with van der Waals surface area (Å²) in [6.45, 7) is 6.62. The van der Waals surface area contributed by atoms with Crippen LogP contribution in [0.5, 0.6) is 5.75 Å². The number of aliphatic carboxylic acids is 1. The Hall–Kier alpha value is -2.62. The zero-order chi connectivity index (χ0) is 19.1. The predicted molar refractivity (Wildman–Crippen MR) is 99.3 cm³/mol. The molecular formula is C22H25O4-. The third-order valence-electron chi connectivity index (χ3n) is 4.22. The molecule has 0 bridgehead atoms. The molecule has 0 spiro atoms. The Bertz CT molecular complexity index is 764. The van der Waals surface area contributed by atoms with Crippen molar-refractivity contribution < 1.29 is 19.4 Å². The summed E-state index contributed by atoms with van der Waals surface area (Å²) in [5.41, 5.74) is 2.35. The standard InChI is InChI=1S/C22H26O4/c1-15(2)14-26-18-9-6-8-17(13-18)22(25)20(11-12-21(23)24)19-10-5-4-7-16(19)3/h4-10,13,15,20H,11-12,14H2,1-3H3,(H,23,24)/p-1. The summed E-state index contributed by atoms with van der Waals surface area (Å²) in [7, 11) is 0. The van der Waals surface area contributed by atoms with Gasteiger partial charge in [0, 0.05) is 17.5 Å². The van der Waals surface area contributed by atoms with Gasteiger partial charge in [-0.2, -0.15) is 0 Å². The number of carboxylic acids is 1. The fourth-order valence-corrected chi connectivity index (χ4v) is 2.87. The van der Waals surface area contributed by atoms with E-state index in [1.165, 1.54) is 0 Å². The first-order valence-corrected chi connectivity index (χ1v) is 8.91. The van der Waals surface area contributed by atoms with Crippen LogP contribution in [0.2, 0.25) is 0 Å². The van der Waals surface area contributed by atoms with Gasteiger partial charge < -0.3 is 14.6 Å². The fourth-order valence-electron chi connectivity index (χ4n) is 2.87. The van der Waals surface area contributed by atoms with Gasteiger partial charge in [0.15, 0.2) is 5.78 Å². The van der Waals surface area contributed by atoms with Crippen molar-refractivity contribution in [3.8, 4) is 5.75 Å². The maximum absolute atomic E-state index is 13.1. The van der Waals surface area contributed by atoms with E-state index >= 15 is 0 Å². The summed E-state index contributed by atoms with van der Waals surface area (Å²) >= 11 is 0. The molecule has 0 aromatic heterocycles. The van der Waals surface area contributed by atoms with Crippen LogP contribution in [0.4, 0.5) is 0 Å². The lowest BCUT2D eigenvalue weighted by molar-refractivity contribution is -0.305. The molecule has 2 aromatic rings. The lowest BCUT2D eigenvalue weighted by Gasteiger charge is -2.19. The summed E-state index contributed by atoms with van der Waals surface area (Å²) in [6, 6.07) is 14.7. The summed E-state index contributed by atoms with van der Waals surface area (Å²) in [6.07, 6.45) is 0.0530. The SMILES string of the molecule is Cc1ccccc1C(CCC(=O)[O-])C(=O)c1cccc(OCC(C)C)c1. The second-order valence-corrected chi connectivity index (χ2v) is 6.92. The molecule has 0 aliphatic carbocycles. The number of carboxylic acid groups (broad SMARTS) is 1. The molecule has 0 amide bonds. The average Bonchev–Trinajstić information content (AvgIpc) is 2.61. The molecule has 1 unspecified atom stereocenters. The number of rotatable bonds is 9. The third kappa shape index (κ3) is 5.45. The molecule has 4 nitrogen and oxygen atoms in total. The van der Waals surface area contributed by atoms with Crippen molar-refractivity contribution in [1.82, 2.24) is 0 Å². The number of carbonyl (C=O) groups excluding carboxylic acids is 2. The molecule has 1 atom stereocenters. The second kappa shape index (κ2) is 9.18. The van der Waals surface area contributed by atoms with E-state index in [0.29, 0.717) is 23.8 Å². The molecule has 0 aliphatic rings. The molecule has 4 heteroatoms. The molecule has 0 radical (unpaired) electrons. The van der Waals surface area contributed by atoms with Crippen molar-refractivity contribution in [3.05, 3.63) is 65.2 Å². The lowest BCUT2D eigenvalue weighted by atomic mass is 9.85. The number of benzene rings is 2. The molecule has 0 aliphatic heterocycles. The highest BCUT2D eigenvalue weighted by atomic mass is 16.5. The minimum atomic E-state index is -1.15. The van der Waals surface area contributed by atoms with Gasteiger partial charge in [-0.25, -0.2) is 0 Å². The molecule has 0 N–H and O–H groups in total. The smallest absolute Gasteiger partial charge is 0.170 e. The van der Waals surface area contributed by atoms with Crippen molar-refractivity contribution in [2.45, 2.75) is 39.5 Å². The van der Waals surface area contributed by atoms with E-state index < -0.39 is 11.9 Å². The van der Waals surface area contributed by atoms with Crippen LogP contribution in [-0.4, -0.2) is 18.4 Å². The van der Waals surface area contributed by atoms with E-state index in [9.17, 15) is 14.7 Å². The van der Waals surface area contributed by atoms with Crippen LogP contribution in [0.1, 0.15) is 54.1 Å². The highest BCUT2D eigenvalue weighted by Gasteiger charge is 2.23. The van der Waals surface area contributed by atoms with Gasteiger partial charge in [-0.05, 0) is 48.9 Å². The first kappa shape index (κ1) is 19.7. The Morgan fingerprint density at radius 3 is 2.46 bits per heavy atom. The van der Waals surface area contributed by atoms with E-state index in [-0.39, 0.29) is 18.6 Å². The molecule has 26 heavy (non-hydrogen) atoms. The van der Waals surface area contributed by atoms with Crippen LogP contribution < -0.4 is 9.84 Å². The quantitative estimate of drug-likeness (QED) is 0.647. The number of ketones is 1. The normalized spacial score (nSPS) is 12.0. The number of hydrogen-bond acceptors (Lipinski definition) is 4. The summed E-state index contributed by atoms with van der Waals surface area (Å²) in [4.78, 5) is 24.1. The maximum Gasteiger partial charge on any atom is 0.170 e. The zero-order valence-electron chi connectivity index (χ0n) is 15.5. The number of aryl methyl sites for hydroxylation is 1. The highest BCUT2D eigenvalue weighted by Crippen LogP contribution is 2.29. The van der Waals surface area contributed by atoms with E-state index in [2.05, 4.69) is 13.8 Å². The molecular weight excluding hydrogens is 328 g/mol. The minimum Gasteiger partial charge on any atom is -0.550 e. The zero-order valence-corrected chi connectivity index (χ0v) is 15.5. The molecule has 138 valence electrons. The lowest BCUT2D eigenvalue weighted by Crippen LogP contribution is -2.24. The summed E-state index contributed by atoms with van der Waals surface area (Å²) in [5.74, 6) is -0.736. The summed E-state index contributed by atoms with van der Waals surface area (Å²) < 4.78 is 5.71. The summed E-state index contributed by atoms with van der Waals surface area (Å²) in [5, 5.41) is 10.9. The van der Waals surface area contributed by atoms with Crippen molar-refractivity contribution in [2.24, 2.45) is 5.92 Å². The van der Waals surface area contributed by atoms with Crippen LogP contribution in [0.3, 0.4) is 0 Å². The van der Waals surface area contributed by atoms with Gasteiger partial charge in [0.25, 0.3) is 0 Å². The fraction of sp³-hybridized carbons (Fsp3) is 0.364. The van der Waals surface area contributed by atoms with Crippen molar-refractivity contribution in [2.75, 3.05) is 6.61 Å². The molecule has 2 rings (SSSR count). The van der Waals surface area contributed by atoms with E-state index in [0.717, 1.165) is 11.1 Å². The van der Waals surface area contributed by atoms with Crippen molar-refractivity contribution in [1.29, 1.82) is 0 Å². The Morgan fingerprint density at radius 2 is 1.81 bits per heavy atom. The van der Waals surface area contributed by atoms with Gasteiger partial charge in [-0.3, -0.25) is 4.79 Å². The van der Waals surface area contributed by atoms with Gasteiger partial charge in [0.05, 0.1) is 6.61 Å². The first-order chi connectivity index (χ1) is 12.4. The molecule has 0 saturated heterocycles. The molecule has 0 heterocycles. The second-order valence-electron chi connectivity index (χ2n) is 6.92. The molecule has 0 saturated carbocycles. The Balaban J connectivity index is 2.30. The van der Waals surface area contributed by atoms with Crippen LogP contribution in [0.25, 0.3) is 0 Å². The highest BCUT2D eigenvalue weighted by molar-refractivity contribution is 6.01. The van der Waals surface area contributed by atoms with E-state index in [4.69, 9.17) is 4.74 Å². The number of Topliss-reactive ketones (excluding diaryl/α,β-unsaturated/α-hetero) is 1. The predicted octanol–water partition coefficient (Wildman–Crippen LogP) is 3.53. The largest absolute Gasteiger partial charge is 0.550 e. The van der Waals surface area contributed by atoms with Crippen LogP contribution in [0.15, 0.2) is 48.5 Å². The van der Waals surface area contributed by atoms with E-state index in [1.807, 2.05) is 37.3 Å². The minimum absolute atomic E-state index is 0.101. The molecule has 2 aromatic carbocycles. The van der Waals surface area contributed by atoms with E-state index in [1.54, 1.807) is 18.2 Å². The Morgan fingerprint density at radius 1 is 1.08 bits per heavy atom. The van der Waals surface area contributed by atoms with Gasteiger partial charge in [-0.1, -0.05) is 50.2 Å². The van der Waals surface area contributed by atoms with Crippen LogP contribution >= 0.6 is 0 Å². The van der Waals surface area contributed by atoms with Gasteiger partial charge in [0.2, 0.25) is 0 Å². The average molecular weight is 353 g/mol. The van der Waals surface area contributed by atoms with Gasteiger partial charge in [-0.15, -0.1) is 0 Å². The van der Waals surface area contributed by atoms with Gasteiger partial charge >= 0.3 is 0 Å². The van der Waals surface area contributed by atoms with Gasteiger partial charge in [0.1, 0.15) is 5.75 Å². The maximum atomic E-state index is 13.1. The Kier molecular flexibility index (Phi) is 6.96. The first-order valence-electron chi connectivity index (χ1n) is 8.91. The number of hydrogen-bond donors (Lipinski definition) is 0. The van der Waals surface area contributed by atoms with Crippen molar-refractivity contribution >= 4 is 11.8 Å². The molecule has 0 fully saturated rings. The van der Waals surface area contributed by atoms with Crippen molar-refractivity contribution in [3.63, 3.8) is 0 Å². The number of ether oxygens (including phenoxy) is 1. The number of carbonyl (C=O) groups is 2. The van der Waals surface area contributed by atoms with Crippen LogP contribution in [-0.2, 0) is 4.79 Å². The third-order valence-corrected chi connectivity index (χ3v) is 4.22. The Labute approximate surface area is 154 Å². The van der Waals surface area contributed by atoms with Crippen LogP contribution in [0, 0.1) is 12.8 Å². The monoisotopic (exact) mass is 353 g/mol.